The van der Waals surface area contributed by atoms with Crippen molar-refractivity contribution in [2.75, 3.05) is 10.6 Å². The average molecular weight is 318 g/mol. The molecule has 1 aromatic carbocycles. The molecule has 0 atom stereocenters. The van der Waals surface area contributed by atoms with Gasteiger partial charge in [0.25, 0.3) is 0 Å². The number of aromatic nitrogens is 2. The standard InChI is InChI=1S/C15H16ClN5O/c1-9-8-10(16)2-5-12(9)18-13-6-7-14(21-20-13)19-15(22)17-11-3-4-11/h2,5-8,11H,3-4H2,1H3,(H,18,20)(H2,17,19,21,22). The number of urea groups is 1. The van der Waals surface area contributed by atoms with Crippen molar-refractivity contribution in [2.24, 2.45) is 0 Å². The van der Waals surface area contributed by atoms with Crippen molar-refractivity contribution < 1.29 is 4.79 Å². The number of benzene rings is 1. The third-order valence-corrected chi connectivity index (χ3v) is 3.51. The van der Waals surface area contributed by atoms with Crippen LogP contribution in [0.15, 0.2) is 30.3 Å². The first-order valence-corrected chi connectivity index (χ1v) is 7.42. The van der Waals surface area contributed by atoms with Crippen LogP contribution in [-0.2, 0) is 0 Å². The Morgan fingerprint density at radius 3 is 2.55 bits per heavy atom. The highest BCUT2D eigenvalue weighted by atomic mass is 35.5. The summed E-state index contributed by atoms with van der Waals surface area (Å²) >= 11 is 5.93. The summed E-state index contributed by atoms with van der Waals surface area (Å²) in [7, 11) is 0. The number of aryl methyl sites for hydroxylation is 1. The predicted molar refractivity (Wildman–Crippen MR) is 86.7 cm³/mol. The molecule has 0 aliphatic heterocycles. The van der Waals surface area contributed by atoms with Crippen LogP contribution in [0.1, 0.15) is 18.4 Å². The number of carbonyl (C=O) groups excluding carboxylic acids is 1. The van der Waals surface area contributed by atoms with Crippen LogP contribution < -0.4 is 16.0 Å². The number of anilines is 3. The number of hydrogen-bond acceptors (Lipinski definition) is 4. The Hall–Kier alpha value is -2.34. The topological polar surface area (TPSA) is 78.9 Å². The fourth-order valence-electron chi connectivity index (χ4n) is 1.94. The SMILES string of the molecule is Cc1cc(Cl)ccc1Nc1ccc(NC(=O)NC2CC2)nn1. The third-order valence-electron chi connectivity index (χ3n) is 3.27. The van der Waals surface area contributed by atoms with E-state index in [2.05, 4.69) is 26.1 Å². The third kappa shape index (κ3) is 3.85. The highest BCUT2D eigenvalue weighted by Gasteiger charge is 2.23. The predicted octanol–water partition coefficient (Wildman–Crippen LogP) is 3.47. The number of amides is 2. The van der Waals surface area contributed by atoms with Gasteiger partial charge in [-0.15, -0.1) is 10.2 Å². The fourth-order valence-corrected chi connectivity index (χ4v) is 2.16. The van der Waals surface area contributed by atoms with Gasteiger partial charge in [-0.2, -0.15) is 0 Å². The van der Waals surface area contributed by atoms with Gasteiger partial charge >= 0.3 is 6.03 Å². The number of carbonyl (C=O) groups is 1. The minimum absolute atomic E-state index is 0.244. The highest BCUT2D eigenvalue weighted by molar-refractivity contribution is 6.30. The van der Waals surface area contributed by atoms with Crippen molar-refractivity contribution in [3.05, 3.63) is 40.9 Å². The number of hydrogen-bond donors (Lipinski definition) is 3. The quantitative estimate of drug-likeness (QED) is 0.806. The van der Waals surface area contributed by atoms with Crippen LogP contribution in [0, 0.1) is 6.92 Å². The molecule has 0 saturated heterocycles. The molecule has 0 spiro atoms. The maximum absolute atomic E-state index is 11.6. The van der Waals surface area contributed by atoms with Crippen LogP contribution in [0.3, 0.4) is 0 Å². The summed E-state index contributed by atoms with van der Waals surface area (Å²) in [6.45, 7) is 1.96. The lowest BCUT2D eigenvalue weighted by molar-refractivity contribution is 0.251. The summed E-state index contributed by atoms with van der Waals surface area (Å²) in [5.74, 6) is 1.01. The van der Waals surface area contributed by atoms with E-state index in [4.69, 9.17) is 11.6 Å². The molecule has 0 radical (unpaired) electrons. The molecule has 1 saturated carbocycles. The van der Waals surface area contributed by atoms with Crippen molar-refractivity contribution in [3.8, 4) is 0 Å². The van der Waals surface area contributed by atoms with Crippen molar-refractivity contribution in [1.29, 1.82) is 0 Å². The molecule has 3 rings (SSSR count). The van der Waals surface area contributed by atoms with E-state index in [0.717, 1.165) is 24.1 Å². The van der Waals surface area contributed by atoms with Crippen LogP contribution in [0.5, 0.6) is 0 Å². The van der Waals surface area contributed by atoms with Gasteiger partial charge in [0.1, 0.15) is 0 Å². The van der Waals surface area contributed by atoms with Gasteiger partial charge in [-0.25, -0.2) is 4.79 Å². The van der Waals surface area contributed by atoms with E-state index in [1.54, 1.807) is 12.1 Å². The maximum Gasteiger partial charge on any atom is 0.320 e. The van der Waals surface area contributed by atoms with Crippen LogP contribution >= 0.6 is 11.6 Å². The first-order valence-electron chi connectivity index (χ1n) is 7.04. The van der Waals surface area contributed by atoms with Gasteiger partial charge in [0.2, 0.25) is 0 Å². The monoisotopic (exact) mass is 317 g/mol. The Kier molecular flexibility index (Phi) is 4.11. The number of nitrogens with one attached hydrogen (secondary N) is 3. The molecule has 6 nitrogen and oxygen atoms in total. The zero-order valence-electron chi connectivity index (χ0n) is 12.1. The molecule has 114 valence electrons. The van der Waals surface area contributed by atoms with Crippen LogP contribution in [0.25, 0.3) is 0 Å². The molecule has 1 fully saturated rings. The molecule has 2 amide bonds. The highest BCUT2D eigenvalue weighted by Crippen LogP contribution is 2.22. The number of nitrogens with zero attached hydrogens (tertiary/aromatic N) is 2. The Morgan fingerprint density at radius 2 is 1.91 bits per heavy atom. The molecule has 1 aliphatic carbocycles. The number of rotatable bonds is 4. The Labute approximate surface area is 133 Å². The minimum atomic E-state index is -0.244. The number of halogens is 1. The normalized spacial score (nSPS) is 13.5. The average Bonchev–Trinajstić information content (AvgIpc) is 3.28. The van der Waals surface area contributed by atoms with Gasteiger partial charge in [-0.3, -0.25) is 5.32 Å². The maximum atomic E-state index is 11.6. The summed E-state index contributed by atoms with van der Waals surface area (Å²) in [4.78, 5) is 11.6. The van der Waals surface area contributed by atoms with E-state index in [1.807, 2.05) is 25.1 Å². The Morgan fingerprint density at radius 1 is 1.18 bits per heavy atom. The molecular weight excluding hydrogens is 302 g/mol. The fraction of sp³-hybridized carbons (Fsp3) is 0.267. The largest absolute Gasteiger partial charge is 0.339 e. The van der Waals surface area contributed by atoms with E-state index in [1.165, 1.54) is 0 Å². The summed E-state index contributed by atoms with van der Waals surface area (Å²) in [5.41, 5.74) is 1.92. The molecule has 1 aromatic heterocycles. The molecule has 1 heterocycles. The molecule has 1 aliphatic rings. The Balaban J connectivity index is 1.62. The first-order chi connectivity index (χ1) is 10.6. The zero-order valence-corrected chi connectivity index (χ0v) is 12.8. The minimum Gasteiger partial charge on any atom is -0.339 e. The second-order valence-electron chi connectivity index (χ2n) is 5.26. The molecular formula is C15H16ClN5O. The van der Waals surface area contributed by atoms with Crippen molar-refractivity contribution >= 4 is 35.0 Å². The van der Waals surface area contributed by atoms with E-state index in [9.17, 15) is 4.79 Å². The van der Waals surface area contributed by atoms with E-state index >= 15 is 0 Å². The first kappa shape index (κ1) is 14.6. The lowest BCUT2D eigenvalue weighted by Crippen LogP contribution is -2.30. The van der Waals surface area contributed by atoms with Crippen LogP contribution in [0.4, 0.5) is 22.1 Å². The second kappa shape index (κ2) is 6.19. The lowest BCUT2D eigenvalue weighted by atomic mass is 10.2. The molecule has 0 unspecified atom stereocenters. The molecule has 2 aromatic rings. The van der Waals surface area contributed by atoms with Gasteiger partial charge in [-0.1, -0.05) is 11.6 Å². The second-order valence-corrected chi connectivity index (χ2v) is 5.70. The summed E-state index contributed by atoms with van der Waals surface area (Å²) in [6, 6.07) is 9.08. The van der Waals surface area contributed by atoms with Gasteiger partial charge in [0.05, 0.1) is 0 Å². The Bertz CT molecular complexity index is 685. The van der Waals surface area contributed by atoms with E-state index in [0.29, 0.717) is 22.7 Å². The van der Waals surface area contributed by atoms with Crippen LogP contribution in [0.2, 0.25) is 5.02 Å². The van der Waals surface area contributed by atoms with Gasteiger partial charge in [0.15, 0.2) is 11.6 Å². The lowest BCUT2D eigenvalue weighted by Gasteiger charge is -2.09. The molecule has 3 N–H and O–H groups in total. The summed E-state index contributed by atoms with van der Waals surface area (Å²) in [5, 5.41) is 17.4. The van der Waals surface area contributed by atoms with Gasteiger partial charge in [0, 0.05) is 16.8 Å². The molecule has 0 bridgehead atoms. The smallest absolute Gasteiger partial charge is 0.320 e. The summed E-state index contributed by atoms with van der Waals surface area (Å²) < 4.78 is 0. The van der Waals surface area contributed by atoms with Crippen molar-refractivity contribution in [3.63, 3.8) is 0 Å². The van der Waals surface area contributed by atoms with Gasteiger partial charge < -0.3 is 10.6 Å². The molecule has 22 heavy (non-hydrogen) atoms. The van der Waals surface area contributed by atoms with E-state index < -0.39 is 0 Å². The molecule has 7 heteroatoms. The van der Waals surface area contributed by atoms with E-state index in [-0.39, 0.29) is 6.03 Å². The van der Waals surface area contributed by atoms with Crippen LogP contribution in [-0.4, -0.2) is 22.3 Å². The summed E-state index contributed by atoms with van der Waals surface area (Å²) in [6.07, 6.45) is 2.09. The van der Waals surface area contributed by atoms with Crippen molar-refractivity contribution in [2.45, 2.75) is 25.8 Å². The zero-order chi connectivity index (χ0) is 15.5. The van der Waals surface area contributed by atoms with Crippen molar-refractivity contribution in [1.82, 2.24) is 15.5 Å². The van der Waals surface area contributed by atoms with Gasteiger partial charge in [-0.05, 0) is 55.7 Å².